The summed E-state index contributed by atoms with van der Waals surface area (Å²) in [4.78, 5) is 15.1. The number of aliphatic hydroxyl groups is 1. The molecule has 1 aromatic rings. The van der Waals surface area contributed by atoms with Gasteiger partial charge in [-0.25, -0.2) is 0 Å². The Balaban J connectivity index is 2.03. The lowest BCUT2D eigenvalue weighted by atomic mass is 9.86. The summed E-state index contributed by atoms with van der Waals surface area (Å²) in [6.45, 7) is 5.95. The van der Waals surface area contributed by atoms with Gasteiger partial charge in [0.2, 0.25) is 5.91 Å². The number of rotatable bonds is 6. The molecule has 1 aromatic carbocycles. The number of nitrogens with zero attached hydrogens (tertiary/aromatic N) is 1. The summed E-state index contributed by atoms with van der Waals surface area (Å²) in [5.74, 6) is -0.140. The molecule has 1 heterocycles. The molecule has 1 unspecified atom stereocenters. The zero-order valence-corrected chi connectivity index (χ0v) is 15.2. The lowest BCUT2D eigenvalue weighted by Gasteiger charge is -2.40. The molecule has 0 aromatic heterocycles. The second-order valence-electron chi connectivity index (χ2n) is 6.88. The van der Waals surface area contributed by atoms with Crippen LogP contribution in [0, 0.1) is 0 Å². The van der Waals surface area contributed by atoms with E-state index in [2.05, 4.69) is 24.1 Å². The molecule has 6 heteroatoms. The molecule has 1 aliphatic rings. The van der Waals surface area contributed by atoms with E-state index in [0.29, 0.717) is 30.3 Å². The molecule has 134 valence electrons. The molecule has 1 fully saturated rings. The molecule has 24 heavy (non-hydrogen) atoms. The lowest BCUT2D eigenvalue weighted by molar-refractivity contribution is -0.129. The number of carbonyl (C=O) groups excluding carboxylic acids is 1. The van der Waals surface area contributed by atoms with E-state index in [1.165, 1.54) is 0 Å². The van der Waals surface area contributed by atoms with Crippen LogP contribution in [0.4, 0.5) is 0 Å². The molecule has 0 saturated carbocycles. The number of likely N-dealkylation sites (tertiary alicyclic amines) is 1. The molecule has 0 bridgehead atoms. The van der Waals surface area contributed by atoms with Gasteiger partial charge in [-0.3, -0.25) is 4.79 Å². The Morgan fingerprint density at radius 1 is 1.33 bits per heavy atom. The first-order valence-electron chi connectivity index (χ1n) is 8.56. The third kappa shape index (κ3) is 4.70. The van der Waals surface area contributed by atoms with Gasteiger partial charge in [-0.2, -0.15) is 0 Å². The van der Waals surface area contributed by atoms with Gasteiger partial charge in [-0.05, 0) is 50.8 Å². The van der Waals surface area contributed by atoms with Gasteiger partial charge in [0.1, 0.15) is 0 Å². The van der Waals surface area contributed by atoms with E-state index in [9.17, 15) is 9.90 Å². The second-order valence-corrected chi connectivity index (χ2v) is 7.31. The van der Waals surface area contributed by atoms with E-state index in [-0.39, 0.29) is 18.6 Å². The number of benzene rings is 1. The minimum atomic E-state index is -0.842. The maximum absolute atomic E-state index is 12.8. The van der Waals surface area contributed by atoms with Gasteiger partial charge >= 0.3 is 0 Å². The molecular formula is C18H28ClN3O2. The summed E-state index contributed by atoms with van der Waals surface area (Å²) >= 11 is 5.92. The molecule has 1 amide bonds. The topological polar surface area (TPSA) is 78.6 Å². The van der Waals surface area contributed by atoms with Crippen molar-refractivity contribution in [2.24, 2.45) is 5.73 Å². The van der Waals surface area contributed by atoms with Gasteiger partial charge in [0.15, 0.2) is 0 Å². The molecule has 0 radical (unpaired) electrons. The average molecular weight is 354 g/mol. The van der Waals surface area contributed by atoms with E-state index in [1.54, 1.807) is 12.1 Å². The highest BCUT2D eigenvalue weighted by molar-refractivity contribution is 6.30. The van der Waals surface area contributed by atoms with Gasteiger partial charge in [-0.15, -0.1) is 0 Å². The van der Waals surface area contributed by atoms with Crippen LogP contribution in [0.5, 0.6) is 0 Å². The Bertz CT molecular complexity index is 540. The van der Waals surface area contributed by atoms with Crippen molar-refractivity contribution in [3.63, 3.8) is 0 Å². The summed E-state index contributed by atoms with van der Waals surface area (Å²) in [6, 6.07) is 7.51. The van der Waals surface area contributed by atoms with E-state index >= 15 is 0 Å². The highest BCUT2D eigenvalue weighted by Gasteiger charge is 2.38. The Morgan fingerprint density at radius 3 is 2.42 bits per heavy atom. The summed E-state index contributed by atoms with van der Waals surface area (Å²) in [5, 5.41) is 13.0. The molecule has 4 N–H and O–H groups in total. The van der Waals surface area contributed by atoms with Gasteiger partial charge in [0.25, 0.3) is 0 Å². The number of amides is 1. The summed E-state index contributed by atoms with van der Waals surface area (Å²) in [7, 11) is 0. The first-order valence-corrected chi connectivity index (χ1v) is 8.94. The zero-order chi connectivity index (χ0) is 17.7. The van der Waals surface area contributed by atoms with Crippen LogP contribution >= 0.6 is 11.6 Å². The van der Waals surface area contributed by atoms with E-state index in [1.807, 2.05) is 12.1 Å². The number of halogens is 1. The Morgan fingerprint density at radius 2 is 1.92 bits per heavy atom. The van der Waals surface area contributed by atoms with Gasteiger partial charge < -0.3 is 21.1 Å². The SMILES string of the molecule is CC(C)N1CCC(N)(C(=O)NC(CCO)c2ccc(Cl)cc2)CC1. The van der Waals surface area contributed by atoms with Crippen LogP contribution < -0.4 is 11.1 Å². The molecule has 1 saturated heterocycles. The highest BCUT2D eigenvalue weighted by atomic mass is 35.5. The Labute approximate surface area is 149 Å². The number of carbonyl (C=O) groups is 1. The van der Waals surface area contributed by atoms with Crippen molar-refractivity contribution < 1.29 is 9.90 Å². The van der Waals surface area contributed by atoms with Crippen molar-refractivity contribution in [3.05, 3.63) is 34.9 Å². The Hall–Kier alpha value is -1.14. The van der Waals surface area contributed by atoms with Crippen molar-refractivity contribution in [1.82, 2.24) is 10.2 Å². The van der Waals surface area contributed by atoms with Crippen LogP contribution in [-0.4, -0.2) is 47.2 Å². The average Bonchev–Trinajstić information content (AvgIpc) is 2.55. The van der Waals surface area contributed by atoms with Crippen molar-refractivity contribution in [2.75, 3.05) is 19.7 Å². The fourth-order valence-electron chi connectivity index (χ4n) is 3.11. The first-order chi connectivity index (χ1) is 11.4. The third-order valence-corrected chi connectivity index (χ3v) is 5.12. The maximum Gasteiger partial charge on any atom is 0.240 e. The van der Waals surface area contributed by atoms with Crippen LogP contribution in [0.15, 0.2) is 24.3 Å². The fourth-order valence-corrected chi connectivity index (χ4v) is 3.24. The summed E-state index contributed by atoms with van der Waals surface area (Å²) in [5.41, 5.74) is 6.47. The van der Waals surface area contributed by atoms with Crippen LogP contribution in [0.3, 0.4) is 0 Å². The van der Waals surface area contributed by atoms with E-state index < -0.39 is 5.54 Å². The number of nitrogens with two attached hydrogens (primary N) is 1. The lowest BCUT2D eigenvalue weighted by Crippen LogP contribution is -2.60. The molecule has 0 aliphatic carbocycles. The molecule has 5 nitrogen and oxygen atoms in total. The smallest absolute Gasteiger partial charge is 0.240 e. The maximum atomic E-state index is 12.8. The summed E-state index contributed by atoms with van der Waals surface area (Å²) < 4.78 is 0. The quantitative estimate of drug-likeness (QED) is 0.731. The fraction of sp³-hybridized carbons (Fsp3) is 0.611. The minimum Gasteiger partial charge on any atom is -0.396 e. The van der Waals surface area contributed by atoms with Crippen molar-refractivity contribution in [2.45, 2.75) is 50.7 Å². The molecule has 2 rings (SSSR count). The number of aliphatic hydroxyl groups excluding tert-OH is 1. The second kappa shape index (κ2) is 8.30. The van der Waals surface area contributed by atoms with Crippen molar-refractivity contribution in [3.8, 4) is 0 Å². The van der Waals surface area contributed by atoms with Crippen LogP contribution in [0.1, 0.15) is 44.7 Å². The largest absolute Gasteiger partial charge is 0.396 e. The van der Waals surface area contributed by atoms with Gasteiger partial charge in [0, 0.05) is 30.8 Å². The van der Waals surface area contributed by atoms with Gasteiger partial charge in [0.05, 0.1) is 11.6 Å². The molecule has 0 spiro atoms. The van der Waals surface area contributed by atoms with Crippen LogP contribution in [-0.2, 0) is 4.79 Å². The monoisotopic (exact) mass is 353 g/mol. The molecule has 1 atom stereocenters. The predicted octanol–water partition coefficient (Wildman–Crippen LogP) is 2.08. The Kier molecular flexibility index (Phi) is 6.63. The zero-order valence-electron chi connectivity index (χ0n) is 14.5. The number of hydrogen-bond donors (Lipinski definition) is 3. The van der Waals surface area contributed by atoms with E-state index in [4.69, 9.17) is 17.3 Å². The number of hydrogen-bond acceptors (Lipinski definition) is 4. The minimum absolute atomic E-state index is 0.00767. The van der Waals surface area contributed by atoms with Crippen molar-refractivity contribution >= 4 is 17.5 Å². The number of nitrogens with one attached hydrogen (secondary N) is 1. The van der Waals surface area contributed by atoms with E-state index in [0.717, 1.165) is 18.7 Å². The first kappa shape index (κ1) is 19.2. The van der Waals surface area contributed by atoms with Crippen LogP contribution in [0.2, 0.25) is 5.02 Å². The van der Waals surface area contributed by atoms with Crippen molar-refractivity contribution in [1.29, 1.82) is 0 Å². The highest BCUT2D eigenvalue weighted by Crippen LogP contribution is 2.24. The summed E-state index contributed by atoms with van der Waals surface area (Å²) in [6.07, 6.45) is 1.73. The molecular weight excluding hydrogens is 326 g/mol. The van der Waals surface area contributed by atoms with Gasteiger partial charge in [-0.1, -0.05) is 23.7 Å². The van der Waals surface area contributed by atoms with Crippen LogP contribution in [0.25, 0.3) is 0 Å². The predicted molar refractivity (Wildman–Crippen MR) is 96.9 cm³/mol. The third-order valence-electron chi connectivity index (χ3n) is 4.87. The standard InChI is InChI=1S/C18H28ClN3O2/c1-13(2)22-10-8-18(20,9-11-22)17(24)21-16(7-12-23)14-3-5-15(19)6-4-14/h3-6,13,16,23H,7-12,20H2,1-2H3,(H,21,24). The molecule has 1 aliphatic heterocycles. The normalized spacial score (nSPS) is 19.2. The number of piperidine rings is 1.